The summed E-state index contributed by atoms with van der Waals surface area (Å²) in [6.45, 7) is 0.573. The summed E-state index contributed by atoms with van der Waals surface area (Å²) in [4.78, 5) is 24.1. The van der Waals surface area contributed by atoms with E-state index in [1.807, 2.05) is 6.07 Å². The van der Waals surface area contributed by atoms with E-state index in [0.717, 1.165) is 5.56 Å². The van der Waals surface area contributed by atoms with Crippen molar-refractivity contribution in [2.75, 3.05) is 25.5 Å². The monoisotopic (exact) mass is 395 g/mol. The fraction of sp³-hybridized carbons (Fsp3) is 0.211. The molecule has 0 spiro atoms. The van der Waals surface area contributed by atoms with E-state index in [2.05, 4.69) is 31.5 Å². The van der Waals surface area contributed by atoms with Crippen molar-refractivity contribution in [1.82, 2.24) is 30.8 Å². The maximum absolute atomic E-state index is 12.1. The number of rotatable bonds is 7. The highest BCUT2D eigenvalue weighted by atomic mass is 16.5. The van der Waals surface area contributed by atoms with Crippen molar-refractivity contribution in [2.24, 2.45) is 7.05 Å². The summed E-state index contributed by atoms with van der Waals surface area (Å²) in [5.41, 5.74) is 1.90. The number of carbonyl (C=O) groups is 2. The minimum atomic E-state index is -0.378. The van der Waals surface area contributed by atoms with Crippen LogP contribution in [0.3, 0.4) is 0 Å². The average Bonchev–Trinajstić information content (AvgIpc) is 3.17. The van der Waals surface area contributed by atoms with Gasteiger partial charge in [-0.25, -0.2) is 9.48 Å². The Balaban J connectivity index is 1.44. The zero-order valence-corrected chi connectivity index (χ0v) is 16.0. The molecular weight excluding hydrogens is 374 g/mol. The molecular formula is C19H21N7O3. The second-order valence-corrected chi connectivity index (χ2v) is 6.07. The number of hydrogen-bond donors (Lipinski definition) is 3. The van der Waals surface area contributed by atoms with Crippen molar-refractivity contribution in [1.29, 1.82) is 0 Å². The number of benzene rings is 2. The number of urea groups is 1. The summed E-state index contributed by atoms with van der Waals surface area (Å²) < 4.78 is 6.61. The van der Waals surface area contributed by atoms with Gasteiger partial charge < -0.3 is 20.7 Å². The van der Waals surface area contributed by atoms with Crippen LogP contribution < -0.4 is 20.7 Å². The molecule has 10 heteroatoms. The van der Waals surface area contributed by atoms with Crippen LogP contribution in [0.25, 0.3) is 11.4 Å². The lowest BCUT2D eigenvalue weighted by molar-refractivity contribution is 0.0954. The van der Waals surface area contributed by atoms with E-state index in [0.29, 0.717) is 29.4 Å². The molecule has 10 nitrogen and oxygen atoms in total. The molecule has 0 bridgehead atoms. The minimum Gasteiger partial charge on any atom is -0.497 e. The van der Waals surface area contributed by atoms with Crippen LogP contribution in [0, 0.1) is 0 Å². The van der Waals surface area contributed by atoms with Gasteiger partial charge in [-0.1, -0.05) is 12.1 Å². The number of ether oxygens (including phenoxy) is 1. The first-order valence-corrected chi connectivity index (χ1v) is 8.86. The molecule has 0 saturated carbocycles. The van der Waals surface area contributed by atoms with E-state index in [1.54, 1.807) is 61.3 Å². The molecule has 29 heavy (non-hydrogen) atoms. The van der Waals surface area contributed by atoms with Gasteiger partial charge in [0.05, 0.1) is 7.11 Å². The van der Waals surface area contributed by atoms with Gasteiger partial charge >= 0.3 is 6.03 Å². The van der Waals surface area contributed by atoms with Crippen LogP contribution in [0.5, 0.6) is 5.75 Å². The van der Waals surface area contributed by atoms with Gasteiger partial charge in [0.1, 0.15) is 5.75 Å². The Morgan fingerprint density at radius 3 is 2.52 bits per heavy atom. The highest BCUT2D eigenvalue weighted by Gasteiger charge is 2.08. The third-order valence-corrected chi connectivity index (χ3v) is 4.05. The van der Waals surface area contributed by atoms with Gasteiger partial charge in [0.15, 0.2) is 5.82 Å². The predicted molar refractivity (Wildman–Crippen MR) is 107 cm³/mol. The molecule has 3 rings (SSSR count). The number of carbonyl (C=O) groups excluding carboxylic acids is 2. The summed E-state index contributed by atoms with van der Waals surface area (Å²) in [6.07, 6.45) is 0. The van der Waals surface area contributed by atoms with Gasteiger partial charge in [-0.15, -0.1) is 5.10 Å². The Morgan fingerprint density at radius 1 is 1.07 bits per heavy atom. The highest BCUT2D eigenvalue weighted by molar-refractivity contribution is 5.94. The molecule has 3 amide bonds. The van der Waals surface area contributed by atoms with Crippen LogP contribution in [0.1, 0.15) is 10.4 Å². The number of hydrogen-bond acceptors (Lipinski definition) is 6. The third kappa shape index (κ3) is 5.28. The second kappa shape index (κ2) is 9.31. The molecule has 0 aliphatic carbocycles. The summed E-state index contributed by atoms with van der Waals surface area (Å²) in [6, 6.07) is 13.6. The normalized spacial score (nSPS) is 10.3. The van der Waals surface area contributed by atoms with E-state index in [4.69, 9.17) is 4.74 Å². The third-order valence-electron chi connectivity index (χ3n) is 4.05. The molecule has 0 aliphatic heterocycles. The van der Waals surface area contributed by atoms with Crippen LogP contribution in [-0.4, -0.2) is 52.3 Å². The van der Waals surface area contributed by atoms with Crippen LogP contribution in [0.4, 0.5) is 10.5 Å². The molecule has 3 aromatic rings. The lowest BCUT2D eigenvalue weighted by Gasteiger charge is -2.10. The van der Waals surface area contributed by atoms with E-state index < -0.39 is 0 Å². The summed E-state index contributed by atoms with van der Waals surface area (Å²) in [5.74, 6) is 1.05. The molecule has 0 unspecified atom stereocenters. The molecule has 3 N–H and O–H groups in total. The molecule has 1 heterocycles. The van der Waals surface area contributed by atoms with Gasteiger partial charge in [0, 0.05) is 37.0 Å². The number of aryl methyl sites for hydroxylation is 1. The number of nitrogens with zero attached hydrogens (tertiary/aromatic N) is 4. The predicted octanol–water partition coefficient (Wildman–Crippen LogP) is 1.44. The lowest BCUT2D eigenvalue weighted by Crippen LogP contribution is -2.36. The molecule has 0 atom stereocenters. The van der Waals surface area contributed by atoms with Gasteiger partial charge in [-0.2, -0.15) is 0 Å². The minimum absolute atomic E-state index is 0.222. The second-order valence-electron chi connectivity index (χ2n) is 6.07. The smallest absolute Gasteiger partial charge is 0.319 e. The largest absolute Gasteiger partial charge is 0.497 e. The lowest BCUT2D eigenvalue weighted by atomic mass is 10.2. The quantitative estimate of drug-likeness (QED) is 0.520. The zero-order chi connectivity index (χ0) is 20.6. The standard InChI is InChI=1S/C19H21N7O3/c1-26-17(23-24-25-26)14-4-3-5-15(12-14)22-19(28)21-11-10-20-18(27)13-6-8-16(29-2)9-7-13/h3-9,12H,10-11H2,1-2H3,(H,20,27)(H2,21,22,28). The first-order valence-electron chi connectivity index (χ1n) is 8.86. The summed E-state index contributed by atoms with van der Waals surface area (Å²) >= 11 is 0. The SMILES string of the molecule is COc1ccc(C(=O)NCCNC(=O)Nc2cccc(-c3nnnn3C)c2)cc1. The van der Waals surface area contributed by atoms with Gasteiger partial charge in [0.2, 0.25) is 0 Å². The Kier molecular flexibility index (Phi) is 6.36. The topological polar surface area (TPSA) is 123 Å². The maximum Gasteiger partial charge on any atom is 0.319 e. The van der Waals surface area contributed by atoms with Crippen molar-refractivity contribution in [2.45, 2.75) is 0 Å². The van der Waals surface area contributed by atoms with Gasteiger partial charge in [0.25, 0.3) is 5.91 Å². The van der Waals surface area contributed by atoms with Crippen molar-refractivity contribution >= 4 is 17.6 Å². The van der Waals surface area contributed by atoms with Crippen molar-refractivity contribution in [3.05, 3.63) is 54.1 Å². The van der Waals surface area contributed by atoms with Crippen LogP contribution >= 0.6 is 0 Å². The number of aromatic nitrogens is 4. The number of tetrazole rings is 1. The van der Waals surface area contributed by atoms with Crippen molar-refractivity contribution in [3.63, 3.8) is 0 Å². The van der Waals surface area contributed by atoms with E-state index in [9.17, 15) is 9.59 Å². The molecule has 1 aromatic heterocycles. The van der Waals surface area contributed by atoms with Crippen molar-refractivity contribution in [3.8, 4) is 17.1 Å². The van der Waals surface area contributed by atoms with Crippen molar-refractivity contribution < 1.29 is 14.3 Å². The molecule has 0 saturated heterocycles. The Labute approximate surface area is 167 Å². The van der Waals surface area contributed by atoms with Gasteiger partial charge in [-0.3, -0.25) is 4.79 Å². The molecule has 0 radical (unpaired) electrons. The Hall–Kier alpha value is -3.95. The Bertz CT molecular complexity index is 985. The van der Waals surface area contributed by atoms with E-state index in [1.165, 1.54) is 0 Å². The molecule has 0 fully saturated rings. The molecule has 150 valence electrons. The number of nitrogens with one attached hydrogen (secondary N) is 3. The fourth-order valence-electron chi connectivity index (χ4n) is 2.58. The maximum atomic E-state index is 12.1. The number of methoxy groups -OCH3 is 1. The van der Waals surface area contributed by atoms with E-state index >= 15 is 0 Å². The fourth-order valence-corrected chi connectivity index (χ4v) is 2.58. The van der Waals surface area contributed by atoms with Crippen LogP contribution in [0.15, 0.2) is 48.5 Å². The average molecular weight is 395 g/mol. The summed E-state index contributed by atoms with van der Waals surface area (Å²) in [7, 11) is 3.30. The Morgan fingerprint density at radius 2 is 1.83 bits per heavy atom. The summed E-state index contributed by atoms with van der Waals surface area (Å²) in [5, 5.41) is 19.5. The van der Waals surface area contributed by atoms with Crippen LogP contribution in [0.2, 0.25) is 0 Å². The zero-order valence-electron chi connectivity index (χ0n) is 16.0. The molecule has 0 aliphatic rings. The van der Waals surface area contributed by atoms with Crippen LogP contribution in [-0.2, 0) is 7.05 Å². The van der Waals surface area contributed by atoms with E-state index in [-0.39, 0.29) is 18.5 Å². The highest BCUT2D eigenvalue weighted by Crippen LogP contribution is 2.19. The number of anilines is 1. The number of amides is 3. The first kappa shape index (κ1) is 19.8. The first-order chi connectivity index (χ1) is 14.1. The molecule has 2 aromatic carbocycles. The van der Waals surface area contributed by atoms with Gasteiger partial charge in [-0.05, 0) is 46.8 Å².